The monoisotopic (exact) mass is 318 g/mol. The summed E-state index contributed by atoms with van der Waals surface area (Å²) < 4.78 is 5.18. The average Bonchev–Trinajstić information content (AvgIpc) is 2.27. The van der Waals surface area contributed by atoms with Gasteiger partial charge in [0.1, 0.15) is 0 Å². The lowest BCUT2D eigenvalue weighted by Gasteiger charge is -2.02. The van der Waals surface area contributed by atoms with Crippen LogP contribution >= 0.6 is 32.2 Å². The van der Waals surface area contributed by atoms with Crippen LogP contribution in [0.2, 0.25) is 0 Å². The van der Waals surface area contributed by atoms with Crippen LogP contribution in [0.5, 0.6) is 0 Å². The minimum Gasteiger partial charge on any atom is -0.380 e. The van der Waals surface area contributed by atoms with Gasteiger partial charge >= 0.3 is 5.97 Å². The molecule has 2 nitrogen and oxygen atoms in total. The SMILES string of the molecule is CC(C(=O)OBr)=C(Br)c1ccccc1. The Bertz CT molecular complexity index is 358. The number of hydrogen-bond acceptors (Lipinski definition) is 2. The van der Waals surface area contributed by atoms with E-state index in [0.717, 1.165) is 10.0 Å². The number of benzene rings is 1. The zero-order valence-electron chi connectivity index (χ0n) is 7.46. The molecule has 14 heavy (non-hydrogen) atoms. The van der Waals surface area contributed by atoms with Crippen molar-refractivity contribution < 1.29 is 8.62 Å². The van der Waals surface area contributed by atoms with Gasteiger partial charge in [0.05, 0.1) is 0 Å². The van der Waals surface area contributed by atoms with Crippen LogP contribution in [0.25, 0.3) is 4.48 Å². The molecular formula is C10H8Br2O2. The van der Waals surface area contributed by atoms with E-state index in [2.05, 4.69) is 36.0 Å². The molecule has 1 aromatic carbocycles. The number of carbonyl (C=O) groups is 1. The molecule has 0 spiro atoms. The lowest BCUT2D eigenvalue weighted by molar-refractivity contribution is -0.128. The van der Waals surface area contributed by atoms with Gasteiger partial charge < -0.3 is 3.83 Å². The molecule has 0 bridgehead atoms. The van der Waals surface area contributed by atoms with Crippen molar-refractivity contribution in [3.8, 4) is 0 Å². The van der Waals surface area contributed by atoms with Crippen molar-refractivity contribution in [2.24, 2.45) is 0 Å². The van der Waals surface area contributed by atoms with E-state index in [1.54, 1.807) is 6.92 Å². The predicted molar refractivity (Wildman–Crippen MR) is 63.0 cm³/mol. The molecule has 0 radical (unpaired) electrons. The van der Waals surface area contributed by atoms with Crippen LogP contribution in [0.3, 0.4) is 0 Å². The van der Waals surface area contributed by atoms with E-state index in [1.165, 1.54) is 0 Å². The van der Waals surface area contributed by atoms with Gasteiger partial charge in [-0.1, -0.05) is 30.3 Å². The molecule has 4 heteroatoms. The summed E-state index contributed by atoms with van der Waals surface area (Å²) in [6.07, 6.45) is 0. The van der Waals surface area contributed by atoms with Crippen molar-refractivity contribution in [1.82, 2.24) is 0 Å². The van der Waals surface area contributed by atoms with Crippen molar-refractivity contribution in [2.45, 2.75) is 6.92 Å². The molecule has 0 aliphatic rings. The molecule has 0 amide bonds. The maximum Gasteiger partial charge on any atom is 0.346 e. The molecule has 0 N–H and O–H groups in total. The Kier molecular flexibility index (Phi) is 4.35. The Labute approximate surface area is 99.5 Å². The minimum absolute atomic E-state index is 0.402. The number of carbonyl (C=O) groups excluding carboxylic acids is 1. The molecule has 74 valence electrons. The van der Waals surface area contributed by atoms with Crippen molar-refractivity contribution in [2.75, 3.05) is 0 Å². The first-order chi connectivity index (χ1) is 6.66. The summed E-state index contributed by atoms with van der Waals surface area (Å²) in [7, 11) is 0. The normalized spacial score (nSPS) is 11.9. The van der Waals surface area contributed by atoms with Gasteiger partial charge in [0.25, 0.3) is 0 Å². The summed E-state index contributed by atoms with van der Waals surface area (Å²) in [6.45, 7) is 1.70. The smallest absolute Gasteiger partial charge is 0.346 e. The van der Waals surface area contributed by atoms with Gasteiger partial charge in [0.15, 0.2) is 16.3 Å². The van der Waals surface area contributed by atoms with Crippen LogP contribution in [-0.2, 0) is 8.62 Å². The number of hydrogen-bond donors (Lipinski definition) is 0. The van der Waals surface area contributed by atoms with E-state index in [1.807, 2.05) is 30.3 Å². The van der Waals surface area contributed by atoms with Crippen LogP contribution in [0.1, 0.15) is 12.5 Å². The first-order valence-corrected chi connectivity index (χ1v) is 5.35. The van der Waals surface area contributed by atoms with Gasteiger partial charge in [-0.05, 0) is 28.4 Å². The predicted octanol–water partition coefficient (Wildman–Crippen LogP) is 3.67. The molecule has 0 saturated carbocycles. The third kappa shape index (κ3) is 2.69. The van der Waals surface area contributed by atoms with Crippen LogP contribution in [0.15, 0.2) is 35.9 Å². The summed E-state index contributed by atoms with van der Waals surface area (Å²) in [5, 5.41) is 0. The van der Waals surface area contributed by atoms with Crippen LogP contribution < -0.4 is 0 Å². The molecule has 0 atom stereocenters. The molecule has 0 aliphatic heterocycles. The van der Waals surface area contributed by atoms with Crippen LogP contribution in [0, 0.1) is 0 Å². The van der Waals surface area contributed by atoms with E-state index in [0.29, 0.717) is 5.57 Å². The topological polar surface area (TPSA) is 26.3 Å². The fraction of sp³-hybridized carbons (Fsp3) is 0.100. The Morgan fingerprint density at radius 3 is 2.36 bits per heavy atom. The van der Waals surface area contributed by atoms with Gasteiger partial charge in [0, 0.05) is 10.1 Å². The molecular weight excluding hydrogens is 312 g/mol. The van der Waals surface area contributed by atoms with Gasteiger partial charge in [-0.25, -0.2) is 4.79 Å². The first kappa shape index (κ1) is 11.5. The van der Waals surface area contributed by atoms with Gasteiger partial charge in [0.2, 0.25) is 0 Å². The molecule has 0 aliphatic carbocycles. The Morgan fingerprint density at radius 1 is 1.29 bits per heavy atom. The highest BCUT2D eigenvalue weighted by atomic mass is 79.9. The summed E-state index contributed by atoms with van der Waals surface area (Å²) in [4.78, 5) is 11.2. The Balaban J connectivity index is 3.05. The second kappa shape index (κ2) is 5.32. The summed E-state index contributed by atoms with van der Waals surface area (Å²) >= 11 is 6.00. The molecule has 0 unspecified atom stereocenters. The second-order valence-corrected chi connectivity index (χ2v) is 3.79. The Morgan fingerprint density at radius 2 is 1.86 bits per heavy atom. The van der Waals surface area contributed by atoms with Gasteiger partial charge in [-0.2, -0.15) is 0 Å². The standard InChI is InChI=1S/C10H8Br2O2/c1-7(10(13)14-12)9(11)8-5-3-2-4-6-8/h2-6H,1H3. The third-order valence-corrected chi connectivity index (χ3v) is 3.08. The van der Waals surface area contributed by atoms with E-state index >= 15 is 0 Å². The highest BCUT2D eigenvalue weighted by molar-refractivity contribution is 9.15. The molecule has 0 saturated heterocycles. The lowest BCUT2D eigenvalue weighted by atomic mass is 10.1. The van der Waals surface area contributed by atoms with Crippen LogP contribution in [-0.4, -0.2) is 5.97 Å². The lowest BCUT2D eigenvalue weighted by Crippen LogP contribution is -1.99. The van der Waals surface area contributed by atoms with E-state index in [-0.39, 0.29) is 0 Å². The Hall–Kier alpha value is -0.610. The zero-order chi connectivity index (χ0) is 10.6. The second-order valence-electron chi connectivity index (χ2n) is 2.67. The fourth-order valence-electron chi connectivity index (χ4n) is 0.948. The molecule has 1 aromatic rings. The van der Waals surface area contributed by atoms with E-state index in [4.69, 9.17) is 0 Å². The summed E-state index contributed by atoms with van der Waals surface area (Å²) in [6, 6.07) is 9.55. The largest absolute Gasteiger partial charge is 0.380 e. The van der Waals surface area contributed by atoms with Crippen molar-refractivity contribution in [3.63, 3.8) is 0 Å². The summed E-state index contributed by atoms with van der Waals surface area (Å²) in [5.74, 6) is -0.402. The molecule has 1 rings (SSSR count). The summed E-state index contributed by atoms with van der Waals surface area (Å²) in [5.41, 5.74) is 1.47. The molecule has 0 aromatic heterocycles. The van der Waals surface area contributed by atoms with Gasteiger partial charge in [-0.15, -0.1) is 0 Å². The maximum absolute atomic E-state index is 11.2. The average molecular weight is 320 g/mol. The van der Waals surface area contributed by atoms with Gasteiger partial charge in [-0.3, -0.25) is 0 Å². The van der Waals surface area contributed by atoms with Crippen molar-refractivity contribution in [1.29, 1.82) is 0 Å². The van der Waals surface area contributed by atoms with E-state index < -0.39 is 5.97 Å². The number of rotatable bonds is 2. The number of halogens is 2. The maximum atomic E-state index is 11.2. The quantitative estimate of drug-likeness (QED) is 0.777. The third-order valence-electron chi connectivity index (χ3n) is 1.73. The molecule has 0 heterocycles. The first-order valence-electron chi connectivity index (χ1n) is 3.91. The fourth-order valence-corrected chi connectivity index (χ4v) is 1.62. The highest BCUT2D eigenvalue weighted by Gasteiger charge is 2.10. The zero-order valence-corrected chi connectivity index (χ0v) is 10.6. The minimum atomic E-state index is -0.402. The van der Waals surface area contributed by atoms with Crippen molar-refractivity contribution in [3.05, 3.63) is 41.5 Å². The molecule has 0 fully saturated rings. The highest BCUT2D eigenvalue weighted by Crippen LogP contribution is 2.25. The van der Waals surface area contributed by atoms with Crippen molar-refractivity contribution >= 4 is 42.6 Å². The van der Waals surface area contributed by atoms with E-state index in [9.17, 15) is 4.79 Å². The van der Waals surface area contributed by atoms with Crippen LogP contribution in [0.4, 0.5) is 0 Å².